The molecule has 0 radical (unpaired) electrons. The Morgan fingerprint density at radius 2 is 2.00 bits per heavy atom. The van der Waals surface area contributed by atoms with Crippen LogP contribution in [0.15, 0.2) is 28.7 Å². The molecule has 1 aromatic heterocycles. The van der Waals surface area contributed by atoms with Crippen molar-refractivity contribution in [2.75, 3.05) is 0 Å². The maximum atomic E-state index is 6.23. The Bertz CT molecular complexity index is 545. The van der Waals surface area contributed by atoms with Crippen molar-refractivity contribution >= 4 is 38.9 Å². The fourth-order valence-electron chi connectivity index (χ4n) is 1.83. The summed E-state index contributed by atoms with van der Waals surface area (Å²) in [4.78, 5) is 1.12. The standard InChI is InChI=1S/C14H15BrClNS/c1-8-3-4-10(5-9(8)2)6-12(17)13-7-11(15)14(16)18-13/h3-5,7,12H,6,17H2,1-2H3. The Labute approximate surface area is 125 Å². The predicted octanol–water partition coefficient (Wildman–Crippen LogP) is 5.02. The summed E-state index contributed by atoms with van der Waals surface area (Å²) >= 11 is 11.0. The van der Waals surface area contributed by atoms with E-state index in [4.69, 9.17) is 17.3 Å². The molecule has 0 fully saturated rings. The van der Waals surface area contributed by atoms with E-state index < -0.39 is 0 Å². The van der Waals surface area contributed by atoms with Gasteiger partial charge >= 0.3 is 0 Å². The van der Waals surface area contributed by atoms with E-state index in [1.54, 1.807) is 11.3 Å². The number of rotatable bonds is 3. The lowest BCUT2D eigenvalue weighted by Crippen LogP contribution is -2.11. The molecule has 1 unspecified atom stereocenters. The molecule has 0 bridgehead atoms. The average Bonchev–Trinajstić information content (AvgIpc) is 2.65. The Kier molecular flexibility index (Phi) is 4.49. The van der Waals surface area contributed by atoms with Crippen LogP contribution in [0.1, 0.15) is 27.6 Å². The molecule has 2 rings (SSSR count). The van der Waals surface area contributed by atoms with Crippen LogP contribution in [0.3, 0.4) is 0 Å². The van der Waals surface area contributed by atoms with Crippen LogP contribution in [0.4, 0.5) is 0 Å². The molecule has 0 saturated heterocycles. The second-order valence-corrected chi connectivity index (χ2v) is 7.04. The summed E-state index contributed by atoms with van der Waals surface area (Å²) in [6.45, 7) is 4.25. The lowest BCUT2D eigenvalue weighted by Gasteiger charge is -2.11. The van der Waals surface area contributed by atoms with Crippen molar-refractivity contribution in [1.29, 1.82) is 0 Å². The molecule has 96 valence electrons. The van der Waals surface area contributed by atoms with E-state index in [-0.39, 0.29) is 6.04 Å². The molecule has 4 heteroatoms. The molecular formula is C14H15BrClNS. The van der Waals surface area contributed by atoms with Crippen molar-refractivity contribution in [2.24, 2.45) is 5.73 Å². The first-order chi connectivity index (χ1) is 8.47. The second-order valence-electron chi connectivity index (χ2n) is 4.50. The van der Waals surface area contributed by atoms with Crippen LogP contribution in [0.2, 0.25) is 4.34 Å². The van der Waals surface area contributed by atoms with Crippen LogP contribution in [0.5, 0.6) is 0 Å². The van der Waals surface area contributed by atoms with Gasteiger partial charge in [-0.2, -0.15) is 0 Å². The molecule has 0 amide bonds. The number of nitrogens with two attached hydrogens (primary N) is 1. The van der Waals surface area contributed by atoms with Gasteiger partial charge in [-0.05, 0) is 59.0 Å². The minimum atomic E-state index is 0.000839. The zero-order valence-corrected chi connectivity index (χ0v) is 13.5. The van der Waals surface area contributed by atoms with Crippen LogP contribution in [-0.4, -0.2) is 0 Å². The molecule has 2 N–H and O–H groups in total. The Hall–Kier alpha value is -0.350. The smallest absolute Gasteiger partial charge is 0.107 e. The molecule has 0 aliphatic rings. The van der Waals surface area contributed by atoms with Crippen LogP contribution < -0.4 is 5.73 Å². The molecule has 18 heavy (non-hydrogen) atoms. The molecule has 0 saturated carbocycles. The molecule has 0 spiro atoms. The third-order valence-electron chi connectivity index (χ3n) is 3.06. The first-order valence-corrected chi connectivity index (χ1v) is 7.72. The van der Waals surface area contributed by atoms with Crippen molar-refractivity contribution < 1.29 is 0 Å². The first kappa shape index (κ1) is 14.1. The summed E-state index contributed by atoms with van der Waals surface area (Å²) in [5.41, 5.74) is 10.1. The molecule has 0 aliphatic heterocycles. The highest BCUT2D eigenvalue weighted by Crippen LogP contribution is 2.35. The van der Waals surface area contributed by atoms with E-state index in [1.807, 2.05) is 6.07 Å². The summed E-state index contributed by atoms with van der Waals surface area (Å²) in [6.07, 6.45) is 0.838. The summed E-state index contributed by atoms with van der Waals surface area (Å²) in [7, 11) is 0. The third kappa shape index (κ3) is 3.15. The fourth-order valence-corrected chi connectivity index (χ4v) is 3.57. The summed E-state index contributed by atoms with van der Waals surface area (Å²) in [6, 6.07) is 8.51. The molecular weight excluding hydrogens is 330 g/mol. The summed E-state index contributed by atoms with van der Waals surface area (Å²) in [5, 5.41) is 0. The van der Waals surface area contributed by atoms with Gasteiger partial charge in [0.05, 0.1) is 0 Å². The monoisotopic (exact) mass is 343 g/mol. The highest BCUT2D eigenvalue weighted by atomic mass is 79.9. The zero-order chi connectivity index (χ0) is 13.3. The largest absolute Gasteiger partial charge is 0.323 e. The van der Waals surface area contributed by atoms with Crippen molar-refractivity contribution in [3.8, 4) is 0 Å². The molecule has 1 atom stereocenters. The SMILES string of the molecule is Cc1ccc(CC(N)c2cc(Br)c(Cl)s2)cc1C. The van der Waals surface area contributed by atoms with E-state index in [0.717, 1.165) is 20.1 Å². The molecule has 1 heterocycles. The lowest BCUT2D eigenvalue weighted by atomic mass is 10.0. The molecule has 2 aromatic rings. The van der Waals surface area contributed by atoms with Gasteiger partial charge in [-0.1, -0.05) is 29.8 Å². The van der Waals surface area contributed by atoms with E-state index in [9.17, 15) is 0 Å². The van der Waals surface area contributed by atoms with Gasteiger partial charge in [-0.3, -0.25) is 0 Å². The van der Waals surface area contributed by atoms with Crippen molar-refractivity contribution in [3.63, 3.8) is 0 Å². The van der Waals surface area contributed by atoms with Crippen molar-refractivity contribution in [2.45, 2.75) is 26.3 Å². The minimum absolute atomic E-state index is 0.000839. The van der Waals surface area contributed by atoms with E-state index in [2.05, 4.69) is 48.0 Å². The molecule has 1 aromatic carbocycles. The van der Waals surface area contributed by atoms with Crippen molar-refractivity contribution in [1.82, 2.24) is 0 Å². The zero-order valence-electron chi connectivity index (χ0n) is 10.3. The van der Waals surface area contributed by atoms with Gasteiger partial charge in [0, 0.05) is 15.4 Å². The second kappa shape index (κ2) is 5.74. The quantitative estimate of drug-likeness (QED) is 0.831. The first-order valence-electron chi connectivity index (χ1n) is 5.74. The van der Waals surface area contributed by atoms with Gasteiger partial charge in [-0.25, -0.2) is 0 Å². The number of hydrogen-bond acceptors (Lipinski definition) is 2. The van der Waals surface area contributed by atoms with Crippen LogP contribution in [-0.2, 0) is 6.42 Å². The molecule has 0 aliphatic carbocycles. The average molecular weight is 345 g/mol. The summed E-state index contributed by atoms with van der Waals surface area (Å²) < 4.78 is 1.69. The molecule has 1 nitrogen and oxygen atoms in total. The van der Waals surface area contributed by atoms with Crippen molar-refractivity contribution in [3.05, 3.63) is 54.6 Å². The number of aryl methyl sites for hydroxylation is 2. The van der Waals surface area contributed by atoms with Gasteiger partial charge < -0.3 is 5.73 Å². The summed E-state index contributed by atoms with van der Waals surface area (Å²) in [5.74, 6) is 0. The van der Waals surface area contributed by atoms with Crippen LogP contribution >= 0.6 is 38.9 Å². The highest BCUT2D eigenvalue weighted by Gasteiger charge is 2.13. The van der Waals surface area contributed by atoms with Crippen LogP contribution in [0, 0.1) is 13.8 Å². The maximum Gasteiger partial charge on any atom is 0.107 e. The number of hydrogen-bond donors (Lipinski definition) is 1. The topological polar surface area (TPSA) is 26.0 Å². The third-order valence-corrected chi connectivity index (χ3v) is 5.66. The van der Waals surface area contributed by atoms with Gasteiger partial charge in [-0.15, -0.1) is 11.3 Å². The maximum absolute atomic E-state index is 6.23. The Morgan fingerprint density at radius 1 is 1.28 bits per heavy atom. The Balaban J connectivity index is 2.15. The minimum Gasteiger partial charge on any atom is -0.323 e. The van der Waals surface area contributed by atoms with Gasteiger partial charge in [0.2, 0.25) is 0 Å². The number of thiophene rings is 1. The van der Waals surface area contributed by atoms with E-state index in [0.29, 0.717) is 0 Å². The Morgan fingerprint density at radius 3 is 2.56 bits per heavy atom. The van der Waals surface area contributed by atoms with Gasteiger partial charge in [0.15, 0.2) is 0 Å². The van der Waals surface area contributed by atoms with Gasteiger partial charge in [0.25, 0.3) is 0 Å². The normalized spacial score (nSPS) is 12.7. The van der Waals surface area contributed by atoms with E-state index >= 15 is 0 Å². The fraction of sp³-hybridized carbons (Fsp3) is 0.286. The predicted molar refractivity (Wildman–Crippen MR) is 83.6 cm³/mol. The number of benzene rings is 1. The van der Waals surface area contributed by atoms with Crippen LogP contribution in [0.25, 0.3) is 0 Å². The number of halogens is 2. The van der Waals surface area contributed by atoms with E-state index in [1.165, 1.54) is 16.7 Å². The lowest BCUT2D eigenvalue weighted by molar-refractivity contribution is 0.735. The van der Waals surface area contributed by atoms with Gasteiger partial charge in [0.1, 0.15) is 4.34 Å². The highest BCUT2D eigenvalue weighted by molar-refractivity contribution is 9.10.